The maximum absolute atomic E-state index is 13.5. The molecule has 0 N–H and O–H groups in total. The summed E-state index contributed by atoms with van der Waals surface area (Å²) in [5, 5.41) is 0. The summed E-state index contributed by atoms with van der Waals surface area (Å²) >= 11 is 0. The van der Waals surface area contributed by atoms with Crippen LogP contribution >= 0.6 is 0 Å². The van der Waals surface area contributed by atoms with Crippen LogP contribution in [0.2, 0.25) is 0 Å². The third-order valence-electron chi connectivity index (χ3n) is 6.26. The lowest BCUT2D eigenvalue weighted by Crippen LogP contribution is -2.48. The number of nitrogens with zero attached hydrogens (tertiary/aromatic N) is 3. The fourth-order valence-electron chi connectivity index (χ4n) is 4.26. The Balaban J connectivity index is 1.76. The summed E-state index contributed by atoms with van der Waals surface area (Å²) in [6.07, 6.45) is 0. The van der Waals surface area contributed by atoms with Crippen molar-refractivity contribution < 1.29 is 9.53 Å². The number of methoxy groups -OCH3 is 1. The van der Waals surface area contributed by atoms with Crippen LogP contribution < -0.4 is 4.74 Å². The van der Waals surface area contributed by atoms with E-state index >= 15 is 0 Å². The van der Waals surface area contributed by atoms with Crippen LogP contribution in [0.3, 0.4) is 0 Å². The van der Waals surface area contributed by atoms with Crippen LogP contribution in [-0.2, 0) is 0 Å². The van der Waals surface area contributed by atoms with Crippen molar-refractivity contribution in [1.29, 1.82) is 0 Å². The zero-order valence-electron chi connectivity index (χ0n) is 18.9. The first-order valence-electron chi connectivity index (χ1n) is 11.0. The Morgan fingerprint density at radius 1 is 0.935 bits per heavy atom. The fourth-order valence-corrected chi connectivity index (χ4v) is 4.26. The van der Waals surface area contributed by atoms with E-state index in [-0.39, 0.29) is 5.91 Å². The first-order valence-corrected chi connectivity index (χ1v) is 11.0. The largest absolute Gasteiger partial charge is 0.497 e. The van der Waals surface area contributed by atoms with Crippen LogP contribution in [0.1, 0.15) is 28.5 Å². The quantitative estimate of drug-likeness (QED) is 0.611. The van der Waals surface area contributed by atoms with Crippen molar-refractivity contribution >= 4 is 5.91 Å². The number of piperazine rings is 1. The van der Waals surface area contributed by atoms with Gasteiger partial charge in [0, 0.05) is 37.6 Å². The molecule has 0 atom stereocenters. The van der Waals surface area contributed by atoms with Crippen LogP contribution in [0.15, 0.2) is 54.6 Å². The standard InChI is InChI=1S/C26H31N3O2/c1-5-27-14-16-28(17-15-27)26(30)24-18-25(21-8-12-23(31-4)13-9-21)29(20(24)3)22-10-6-19(2)7-11-22/h6-13,18H,5,14-17H2,1-4H3. The zero-order chi connectivity index (χ0) is 22.0. The molecule has 1 fully saturated rings. The minimum atomic E-state index is 0.119. The second-order valence-electron chi connectivity index (χ2n) is 8.15. The van der Waals surface area contributed by atoms with Crippen molar-refractivity contribution in [2.75, 3.05) is 39.8 Å². The van der Waals surface area contributed by atoms with Gasteiger partial charge >= 0.3 is 0 Å². The van der Waals surface area contributed by atoms with Crippen molar-refractivity contribution in [3.63, 3.8) is 0 Å². The second kappa shape index (κ2) is 8.98. The average molecular weight is 418 g/mol. The van der Waals surface area contributed by atoms with E-state index in [0.717, 1.165) is 66.7 Å². The van der Waals surface area contributed by atoms with Crippen molar-refractivity contribution in [3.05, 3.63) is 71.4 Å². The summed E-state index contributed by atoms with van der Waals surface area (Å²) in [5.41, 5.74) is 6.08. The fraction of sp³-hybridized carbons (Fsp3) is 0.346. The van der Waals surface area contributed by atoms with Crippen molar-refractivity contribution in [2.45, 2.75) is 20.8 Å². The van der Waals surface area contributed by atoms with Crippen molar-refractivity contribution in [1.82, 2.24) is 14.4 Å². The molecular weight excluding hydrogens is 386 g/mol. The van der Waals surface area contributed by atoms with E-state index in [9.17, 15) is 4.79 Å². The number of aryl methyl sites for hydroxylation is 1. The normalized spacial score (nSPS) is 14.6. The number of benzene rings is 2. The van der Waals surface area contributed by atoms with Crippen LogP contribution in [0.25, 0.3) is 16.9 Å². The molecule has 1 aliphatic rings. The molecule has 1 aromatic heterocycles. The molecule has 3 aromatic rings. The smallest absolute Gasteiger partial charge is 0.255 e. The molecule has 1 saturated heterocycles. The zero-order valence-corrected chi connectivity index (χ0v) is 18.9. The Bertz CT molecular complexity index is 1040. The molecule has 5 heteroatoms. The number of hydrogen-bond acceptors (Lipinski definition) is 3. The molecule has 0 spiro atoms. The number of rotatable bonds is 5. The summed E-state index contributed by atoms with van der Waals surface area (Å²) in [4.78, 5) is 17.9. The van der Waals surface area contributed by atoms with Gasteiger partial charge in [0.15, 0.2) is 0 Å². The molecule has 0 aliphatic carbocycles. The Morgan fingerprint density at radius 2 is 1.58 bits per heavy atom. The van der Waals surface area contributed by atoms with Gasteiger partial charge in [0.2, 0.25) is 0 Å². The molecule has 1 amide bonds. The summed E-state index contributed by atoms with van der Waals surface area (Å²) in [6.45, 7) is 10.8. The molecule has 0 saturated carbocycles. The third-order valence-corrected chi connectivity index (χ3v) is 6.26. The number of ether oxygens (including phenoxy) is 1. The lowest BCUT2D eigenvalue weighted by atomic mass is 10.1. The van der Waals surface area contributed by atoms with Crippen LogP contribution in [0.4, 0.5) is 0 Å². The SMILES string of the molecule is CCN1CCN(C(=O)c2cc(-c3ccc(OC)cc3)n(-c3ccc(C)cc3)c2C)CC1. The van der Waals surface area contributed by atoms with Gasteiger partial charge in [-0.2, -0.15) is 0 Å². The Morgan fingerprint density at radius 3 is 2.16 bits per heavy atom. The molecule has 0 bridgehead atoms. The number of likely N-dealkylation sites (N-methyl/N-ethyl adjacent to an activating group) is 1. The van der Waals surface area contributed by atoms with Crippen LogP contribution in [-0.4, -0.2) is 60.1 Å². The highest BCUT2D eigenvalue weighted by atomic mass is 16.5. The second-order valence-corrected chi connectivity index (χ2v) is 8.15. The Hall–Kier alpha value is -3.05. The highest BCUT2D eigenvalue weighted by molar-refractivity contribution is 5.97. The monoisotopic (exact) mass is 417 g/mol. The van der Waals surface area contributed by atoms with E-state index in [0.29, 0.717) is 0 Å². The van der Waals surface area contributed by atoms with Gasteiger partial charge in [-0.1, -0.05) is 24.6 Å². The number of carbonyl (C=O) groups excluding carboxylic acids is 1. The molecular formula is C26H31N3O2. The van der Waals surface area contributed by atoms with E-state index in [2.05, 4.69) is 47.6 Å². The highest BCUT2D eigenvalue weighted by Gasteiger charge is 2.26. The van der Waals surface area contributed by atoms with Crippen molar-refractivity contribution in [2.24, 2.45) is 0 Å². The highest BCUT2D eigenvalue weighted by Crippen LogP contribution is 2.31. The van der Waals surface area contributed by atoms with Gasteiger partial charge in [-0.05, 0) is 68.4 Å². The number of amides is 1. The molecule has 4 rings (SSSR count). The third kappa shape index (κ3) is 4.23. The summed E-state index contributed by atoms with van der Waals surface area (Å²) in [6, 6.07) is 18.5. The van der Waals surface area contributed by atoms with Gasteiger partial charge in [0.1, 0.15) is 5.75 Å². The predicted octanol–water partition coefficient (Wildman–Crippen LogP) is 4.55. The van der Waals surface area contributed by atoms with Crippen LogP contribution in [0.5, 0.6) is 5.75 Å². The predicted molar refractivity (Wildman–Crippen MR) is 125 cm³/mol. The minimum Gasteiger partial charge on any atom is -0.497 e. The first-order chi connectivity index (χ1) is 15.0. The van der Waals surface area contributed by atoms with E-state index < -0.39 is 0 Å². The van der Waals surface area contributed by atoms with Gasteiger partial charge in [-0.3, -0.25) is 4.79 Å². The van der Waals surface area contributed by atoms with Gasteiger partial charge in [-0.15, -0.1) is 0 Å². The van der Waals surface area contributed by atoms with E-state index in [1.165, 1.54) is 5.56 Å². The Kier molecular flexibility index (Phi) is 6.14. The van der Waals surface area contributed by atoms with Crippen LogP contribution in [0, 0.1) is 13.8 Å². The number of aromatic nitrogens is 1. The molecule has 162 valence electrons. The maximum atomic E-state index is 13.5. The lowest BCUT2D eigenvalue weighted by molar-refractivity contribution is 0.0642. The first kappa shape index (κ1) is 21.2. The lowest BCUT2D eigenvalue weighted by Gasteiger charge is -2.34. The molecule has 2 heterocycles. The topological polar surface area (TPSA) is 37.7 Å². The van der Waals surface area contributed by atoms with E-state index in [4.69, 9.17) is 4.74 Å². The summed E-state index contributed by atoms with van der Waals surface area (Å²) in [7, 11) is 1.67. The Labute approximate surface area is 184 Å². The molecule has 2 aromatic carbocycles. The van der Waals surface area contributed by atoms with Crippen molar-refractivity contribution in [3.8, 4) is 22.7 Å². The number of hydrogen-bond donors (Lipinski definition) is 0. The van der Waals surface area contributed by atoms with E-state index in [1.807, 2.05) is 42.2 Å². The van der Waals surface area contributed by atoms with Gasteiger partial charge < -0.3 is 19.1 Å². The maximum Gasteiger partial charge on any atom is 0.255 e. The van der Waals surface area contributed by atoms with E-state index in [1.54, 1.807) is 7.11 Å². The van der Waals surface area contributed by atoms with Gasteiger partial charge in [-0.25, -0.2) is 0 Å². The molecule has 31 heavy (non-hydrogen) atoms. The van der Waals surface area contributed by atoms with Gasteiger partial charge in [0.25, 0.3) is 5.91 Å². The molecule has 0 unspecified atom stereocenters. The van der Waals surface area contributed by atoms with Gasteiger partial charge in [0.05, 0.1) is 18.4 Å². The average Bonchev–Trinajstić information content (AvgIpc) is 3.16. The number of carbonyl (C=O) groups is 1. The molecule has 5 nitrogen and oxygen atoms in total. The molecule has 0 radical (unpaired) electrons. The summed E-state index contributed by atoms with van der Waals surface area (Å²) in [5.74, 6) is 0.938. The minimum absolute atomic E-state index is 0.119. The summed E-state index contributed by atoms with van der Waals surface area (Å²) < 4.78 is 7.52. The molecule has 1 aliphatic heterocycles.